The highest BCUT2D eigenvalue weighted by molar-refractivity contribution is 6.15. The van der Waals surface area contributed by atoms with Gasteiger partial charge in [0.15, 0.2) is 17.5 Å². The molecule has 3 heterocycles. The molecule has 1 aliphatic rings. The summed E-state index contributed by atoms with van der Waals surface area (Å²) in [5, 5.41) is 6.69. The van der Waals surface area contributed by atoms with E-state index in [4.69, 9.17) is 23.8 Å². The first-order valence-corrected chi connectivity index (χ1v) is 17.6. The smallest absolute Gasteiger partial charge is 0.164 e. The van der Waals surface area contributed by atoms with Crippen molar-refractivity contribution < 1.29 is 8.83 Å². The molecule has 0 radical (unpaired) electrons. The number of benzene rings is 7. The molecule has 52 heavy (non-hydrogen) atoms. The number of furan rings is 2. The number of allylic oxidation sites excluding steroid dienone is 1. The van der Waals surface area contributed by atoms with Crippen LogP contribution in [0.4, 0.5) is 0 Å². The van der Waals surface area contributed by atoms with E-state index in [2.05, 4.69) is 109 Å². The van der Waals surface area contributed by atoms with E-state index in [9.17, 15) is 0 Å². The van der Waals surface area contributed by atoms with E-state index in [0.717, 1.165) is 84.5 Å². The summed E-state index contributed by atoms with van der Waals surface area (Å²) in [7, 11) is 0. The maximum atomic E-state index is 6.69. The second kappa shape index (κ2) is 11.3. The third-order valence-electron chi connectivity index (χ3n) is 10.4. The molecule has 1 aliphatic carbocycles. The van der Waals surface area contributed by atoms with Gasteiger partial charge in [-0.15, -0.1) is 0 Å². The van der Waals surface area contributed by atoms with Crippen molar-refractivity contribution in [2.24, 2.45) is 0 Å². The standard InChI is InChI=1S/C47H29N3O2/c1-2-11-30(12-3-1)45-48-46(33-23-21-29-24-25-41-42(38(29)27-33)35-14-6-7-18-39(35)51-41)50-47(49-45)37-17-9-19-40-43(37)36-16-8-15-34(44(36)52-40)32-22-20-28-10-4-5-13-31(28)26-32/h1-20,22,24-27H,21,23H2. The minimum Gasteiger partial charge on any atom is -0.456 e. The van der Waals surface area contributed by atoms with Gasteiger partial charge in [0.05, 0.1) is 0 Å². The summed E-state index contributed by atoms with van der Waals surface area (Å²) in [4.78, 5) is 15.5. The fourth-order valence-electron chi connectivity index (χ4n) is 7.94. The molecule has 0 saturated carbocycles. The Morgan fingerprint density at radius 2 is 1.17 bits per heavy atom. The normalized spacial score (nSPS) is 13.0. The highest BCUT2D eigenvalue weighted by atomic mass is 16.3. The van der Waals surface area contributed by atoms with Crippen LogP contribution in [0.3, 0.4) is 0 Å². The molecule has 0 atom stereocenters. The van der Waals surface area contributed by atoms with Crippen molar-refractivity contribution in [3.63, 3.8) is 0 Å². The summed E-state index contributed by atoms with van der Waals surface area (Å²) in [6, 6.07) is 50.3. The Bertz CT molecular complexity index is 3080. The summed E-state index contributed by atoms with van der Waals surface area (Å²) in [5.41, 5.74) is 11.0. The van der Waals surface area contributed by atoms with Crippen LogP contribution in [-0.2, 0) is 6.42 Å². The van der Waals surface area contributed by atoms with Gasteiger partial charge in [0.2, 0.25) is 0 Å². The number of hydrogen-bond acceptors (Lipinski definition) is 5. The van der Waals surface area contributed by atoms with Crippen LogP contribution in [0.2, 0.25) is 0 Å². The molecule has 5 heteroatoms. The van der Waals surface area contributed by atoms with Gasteiger partial charge in [-0.05, 0) is 76.2 Å². The van der Waals surface area contributed by atoms with E-state index >= 15 is 0 Å². The Balaban J connectivity index is 1.12. The number of fused-ring (bicyclic) bond motifs is 9. The number of hydrogen-bond donors (Lipinski definition) is 0. The highest BCUT2D eigenvalue weighted by Gasteiger charge is 2.23. The molecule has 11 rings (SSSR count). The summed E-state index contributed by atoms with van der Waals surface area (Å²) >= 11 is 0. The first-order chi connectivity index (χ1) is 25.7. The molecule has 0 fully saturated rings. The molecule has 0 aliphatic heterocycles. The van der Waals surface area contributed by atoms with E-state index in [1.165, 1.54) is 21.9 Å². The molecule has 3 aromatic heterocycles. The molecule has 0 bridgehead atoms. The maximum absolute atomic E-state index is 6.69. The van der Waals surface area contributed by atoms with Crippen LogP contribution in [0.15, 0.2) is 154 Å². The highest BCUT2D eigenvalue weighted by Crippen LogP contribution is 2.42. The lowest BCUT2D eigenvalue weighted by atomic mass is 9.89. The van der Waals surface area contributed by atoms with Gasteiger partial charge in [-0.3, -0.25) is 0 Å². The van der Waals surface area contributed by atoms with Crippen LogP contribution in [-0.4, -0.2) is 15.0 Å². The maximum Gasteiger partial charge on any atom is 0.164 e. The van der Waals surface area contributed by atoms with E-state index in [0.29, 0.717) is 17.5 Å². The predicted molar refractivity (Wildman–Crippen MR) is 211 cm³/mol. The minimum absolute atomic E-state index is 0.618. The molecule has 7 aromatic carbocycles. The van der Waals surface area contributed by atoms with Crippen LogP contribution in [0.25, 0.3) is 100 Å². The quantitative estimate of drug-likeness (QED) is 0.187. The van der Waals surface area contributed by atoms with E-state index in [-0.39, 0.29) is 0 Å². The van der Waals surface area contributed by atoms with E-state index in [1.807, 2.05) is 42.5 Å². The van der Waals surface area contributed by atoms with Gasteiger partial charge in [-0.1, -0.05) is 121 Å². The molecule has 0 unspecified atom stereocenters. The van der Waals surface area contributed by atoms with Gasteiger partial charge in [0.25, 0.3) is 0 Å². The molecule has 244 valence electrons. The van der Waals surface area contributed by atoms with Crippen molar-refractivity contribution in [1.82, 2.24) is 15.0 Å². The van der Waals surface area contributed by atoms with Crippen molar-refractivity contribution in [3.8, 4) is 33.9 Å². The van der Waals surface area contributed by atoms with Crippen LogP contribution in [0.1, 0.15) is 23.4 Å². The molecule has 5 nitrogen and oxygen atoms in total. The lowest BCUT2D eigenvalue weighted by Crippen LogP contribution is -2.06. The van der Waals surface area contributed by atoms with Crippen molar-refractivity contribution in [1.29, 1.82) is 0 Å². The average Bonchev–Trinajstić information content (AvgIpc) is 3.80. The van der Waals surface area contributed by atoms with Crippen molar-refractivity contribution in [3.05, 3.63) is 163 Å². The second-order valence-corrected chi connectivity index (χ2v) is 13.5. The first kappa shape index (κ1) is 28.9. The average molecular weight is 668 g/mol. The number of aryl methyl sites for hydroxylation is 1. The Labute approximate surface area is 298 Å². The van der Waals surface area contributed by atoms with Crippen LogP contribution in [0, 0.1) is 0 Å². The third kappa shape index (κ3) is 4.53. The molecule has 10 aromatic rings. The van der Waals surface area contributed by atoms with E-state index in [1.54, 1.807) is 0 Å². The predicted octanol–water partition coefficient (Wildman–Crippen LogP) is 12.3. The molecular weight excluding hydrogens is 639 g/mol. The topological polar surface area (TPSA) is 65.0 Å². The summed E-state index contributed by atoms with van der Waals surface area (Å²) in [6.07, 6.45) is 3.97. The van der Waals surface area contributed by atoms with Crippen molar-refractivity contribution in [2.45, 2.75) is 12.8 Å². The van der Waals surface area contributed by atoms with Crippen LogP contribution in [0.5, 0.6) is 0 Å². The molecule has 0 saturated heterocycles. The Morgan fingerprint density at radius 3 is 2.12 bits per heavy atom. The molecule has 0 spiro atoms. The second-order valence-electron chi connectivity index (χ2n) is 13.5. The zero-order chi connectivity index (χ0) is 34.2. The van der Waals surface area contributed by atoms with Gasteiger partial charge < -0.3 is 8.83 Å². The van der Waals surface area contributed by atoms with Crippen LogP contribution >= 0.6 is 0 Å². The zero-order valence-electron chi connectivity index (χ0n) is 28.0. The zero-order valence-corrected chi connectivity index (χ0v) is 28.0. The van der Waals surface area contributed by atoms with Crippen LogP contribution < -0.4 is 0 Å². The monoisotopic (exact) mass is 667 g/mol. The SMILES string of the molecule is C1=C(c2nc(-c3ccccc3)nc(-c3cccc4oc5c(-c6ccc7ccccc7c6)cccc5c34)n2)CCc2ccc3oc4ccccc4c3c21. The Hall–Kier alpha value is -6.85. The molecule has 0 N–H and O–H groups in total. The van der Waals surface area contributed by atoms with Gasteiger partial charge in [0.1, 0.15) is 22.3 Å². The Morgan fingerprint density at radius 1 is 0.442 bits per heavy atom. The number of rotatable bonds is 4. The Kier molecular flexibility index (Phi) is 6.31. The van der Waals surface area contributed by atoms with E-state index < -0.39 is 0 Å². The fraction of sp³-hybridized carbons (Fsp3) is 0.0426. The van der Waals surface area contributed by atoms with Gasteiger partial charge in [0, 0.05) is 38.2 Å². The third-order valence-corrected chi connectivity index (χ3v) is 10.4. The van der Waals surface area contributed by atoms with Gasteiger partial charge >= 0.3 is 0 Å². The van der Waals surface area contributed by atoms with Gasteiger partial charge in [-0.2, -0.15) is 0 Å². The number of nitrogens with zero attached hydrogens (tertiary/aromatic N) is 3. The lowest BCUT2D eigenvalue weighted by molar-refractivity contribution is 0.668. The fourth-order valence-corrected chi connectivity index (χ4v) is 7.94. The van der Waals surface area contributed by atoms with Crippen molar-refractivity contribution >= 4 is 66.3 Å². The molecular formula is C47H29N3O2. The first-order valence-electron chi connectivity index (χ1n) is 17.6. The number of para-hydroxylation sites is 2. The largest absolute Gasteiger partial charge is 0.456 e. The summed E-state index contributed by atoms with van der Waals surface area (Å²) < 4.78 is 12.9. The summed E-state index contributed by atoms with van der Waals surface area (Å²) in [5.74, 6) is 1.94. The lowest BCUT2D eigenvalue weighted by Gasteiger charge is -2.17. The number of aromatic nitrogens is 3. The minimum atomic E-state index is 0.618. The summed E-state index contributed by atoms with van der Waals surface area (Å²) in [6.45, 7) is 0. The van der Waals surface area contributed by atoms with Crippen molar-refractivity contribution in [2.75, 3.05) is 0 Å². The molecule has 0 amide bonds. The van der Waals surface area contributed by atoms with Gasteiger partial charge in [-0.25, -0.2) is 15.0 Å².